The van der Waals surface area contributed by atoms with E-state index in [4.69, 9.17) is 0 Å². The Bertz CT molecular complexity index is 682. The number of benzene rings is 1. The average molecular weight is 403 g/mol. The predicted octanol–water partition coefficient (Wildman–Crippen LogP) is 1.62. The number of carbonyl (C=O) groups is 3. The third-order valence-corrected chi connectivity index (χ3v) is 5.18. The van der Waals surface area contributed by atoms with Gasteiger partial charge in [-0.25, -0.2) is 0 Å². The van der Waals surface area contributed by atoms with Crippen LogP contribution in [-0.4, -0.2) is 66.8 Å². The van der Waals surface area contributed by atoms with Gasteiger partial charge in [0.1, 0.15) is 0 Å². The van der Waals surface area contributed by atoms with Gasteiger partial charge in [-0.2, -0.15) is 0 Å². The molecule has 0 bridgehead atoms. The van der Waals surface area contributed by atoms with Crippen LogP contribution >= 0.6 is 0 Å². The van der Waals surface area contributed by atoms with Gasteiger partial charge in [0.15, 0.2) is 0 Å². The monoisotopic (exact) mass is 402 g/mol. The number of hydrogen-bond acceptors (Lipinski definition) is 4. The summed E-state index contributed by atoms with van der Waals surface area (Å²) in [5.41, 5.74) is 2.07. The molecule has 0 saturated carbocycles. The van der Waals surface area contributed by atoms with Gasteiger partial charge < -0.3 is 15.5 Å². The summed E-state index contributed by atoms with van der Waals surface area (Å²) in [5, 5.41) is 5.82. The average Bonchev–Trinajstić information content (AvgIpc) is 2.68. The maximum Gasteiger partial charge on any atom is 0.234 e. The Kier molecular flexibility index (Phi) is 9.12. The van der Waals surface area contributed by atoms with Crippen molar-refractivity contribution in [2.24, 2.45) is 0 Å². The molecule has 7 heteroatoms. The normalized spacial score (nSPS) is 15.6. The van der Waals surface area contributed by atoms with E-state index in [1.165, 1.54) is 6.92 Å². The highest BCUT2D eigenvalue weighted by molar-refractivity contribution is 5.80. The molecule has 1 heterocycles. The first-order chi connectivity index (χ1) is 13.9. The molecule has 1 atom stereocenters. The molecule has 0 radical (unpaired) electrons. The molecule has 1 aromatic rings. The Morgan fingerprint density at radius 2 is 1.72 bits per heavy atom. The zero-order chi connectivity index (χ0) is 21.2. The maximum atomic E-state index is 12.8. The molecule has 3 amide bonds. The SMILES string of the molecule is CCCCNC(=O)CN1CCN(C(=O)CC(NC(C)=O)c2ccc(C)cc2)CC1. The molecule has 1 aliphatic heterocycles. The Balaban J connectivity index is 1.84. The first-order valence-electron chi connectivity index (χ1n) is 10.5. The topological polar surface area (TPSA) is 81.8 Å². The third-order valence-electron chi connectivity index (χ3n) is 5.18. The van der Waals surface area contributed by atoms with E-state index in [1.807, 2.05) is 36.1 Å². The molecule has 160 valence electrons. The van der Waals surface area contributed by atoms with Gasteiger partial charge in [0.25, 0.3) is 0 Å². The van der Waals surface area contributed by atoms with E-state index in [-0.39, 0.29) is 30.2 Å². The van der Waals surface area contributed by atoms with Crippen LogP contribution in [0.25, 0.3) is 0 Å². The highest BCUT2D eigenvalue weighted by Crippen LogP contribution is 2.19. The minimum atomic E-state index is -0.331. The summed E-state index contributed by atoms with van der Waals surface area (Å²) in [6, 6.07) is 7.55. The fourth-order valence-electron chi connectivity index (χ4n) is 3.42. The quantitative estimate of drug-likeness (QED) is 0.615. The fraction of sp³-hybridized carbons (Fsp3) is 0.591. The van der Waals surface area contributed by atoms with Gasteiger partial charge in [-0.05, 0) is 18.9 Å². The van der Waals surface area contributed by atoms with Gasteiger partial charge in [-0.3, -0.25) is 19.3 Å². The lowest BCUT2D eigenvalue weighted by Gasteiger charge is -2.35. The maximum absolute atomic E-state index is 12.8. The van der Waals surface area contributed by atoms with Gasteiger partial charge in [-0.15, -0.1) is 0 Å². The largest absolute Gasteiger partial charge is 0.355 e. The second-order valence-electron chi connectivity index (χ2n) is 7.73. The van der Waals surface area contributed by atoms with Crippen molar-refractivity contribution in [2.45, 2.75) is 46.1 Å². The highest BCUT2D eigenvalue weighted by atomic mass is 16.2. The van der Waals surface area contributed by atoms with Crippen molar-refractivity contribution < 1.29 is 14.4 Å². The van der Waals surface area contributed by atoms with Crippen LogP contribution in [-0.2, 0) is 14.4 Å². The van der Waals surface area contributed by atoms with Gasteiger partial charge in [0.2, 0.25) is 17.7 Å². The molecule has 0 aliphatic carbocycles. The Hall–Kier alpha value is -2.41. The molecule has 2 rings (SSSR count). The van der Waals surface area contributed by atoms with Crippen molar-refractivity contribution in [1.29, 1.82) is 0 Å². The lowest BCUT2D eigenvalue weighted by molar-refractivity contribution is -0.134. The number of rotatable bonds is 9. The number of carbonyl (C=O) groups excluding carboxylic acids is 3. The number of nitrogens with one attached hydrogen (secondary N) is 2. The summed E-state index contributed by atoms with van der Waals surface area (Å²) in [6.45, 7) is 9.23. The van der Waals surface area contributed by atoms with E-state index < -0.39 is 0 Å². The predicted molar refractivity (Wildman–Crippen MR) is 113 cm³/mol. The molecule has 1 saturated heterocycles. The molecule has 1 unspecified atom stereocenters. The molecule has 7 nitrogen and oxygen atoms in total. The number of aryl methyl sites for hydroxylation is 1. The Morgan fingerprint density at radius 1 is 1.07 bits per heavy atom. The van der Waals surface area contributed by atoms with E-state index >= 15 is 0 Å². The lowest BCUT2D eigenvalue weighted by Crippen LogP contribution is -2.51. The molecular formula is C22H34N4O3. The van der Waals surface area contributed by atoms with Crippen LogP contribution in [0.3, 0.4) is 0 Å². The van der Waals surface area contributed by atoms with Crippen molar-refractivity contribution in [2.75, 3.05) is 39.3 Å². The number of piperazine rings is 1. The van der Waals surface area contributed by atoms with E-state index in [2.05, 4.69) is 22.5 Å². The van der Waals surface area contributed by atoms with Crippen molar-refractivity contribution in [3.63, 3.8) is 0 Å². The second kappa shape index (κ2) is 11.6. The summed E-state index contributed by atoms with van der Waals surface area (Å²) in [5.74, 6) is -0.0815. The minimum absolute atomic E-state index is 0.0244. The first-order valence-corrected chi connectivity index (χ1v) is 10.5. The molecule has 1 fully saturated rings. The van der Waals surface area contributed by atoms with E-state index in [9.17, 15) is 14.4 Å². The lowest BCUT2D eigenvalue weighted by atomic mass is 10.0. The van der Waals surface area contributed by atoms with Crippen molar-refractivity contribution in [3.8, 4) is 0 Å². The minimum Gasteiger partial charge on any atom is -0.355 e. The van der Waals surface area contributed by atoms with Crippen LogP contribution in [0.15, 0.2) is 24.3 Å². The number of hydrogen-bond donors (Lipinski definition) is 2. The number of unbranched alkanes of at least 4 members (excludes halogenated alkanes) is 1. The summed E-state index contributed by atoms with van der Waals surface area (Å²) in [4.78, 5) is 40.3. The van der Waals surface area contributed by atoms with E-state index in [0.717, 1.165) is 30.5 Å². The van der Waals surface area contributed by atoms with Gasteiger partial charge in [0.05, 0.1) is 19.0 Å². The molecule has 2 N–H and O–H groups in total. The molecule has 1 aliphatic rings. The van der Waals surface area contributed by atoms with Crippen molar-refractivity contribution in [1.82, 2.24) is 20.4 Å². The smallest absolute Gasteiger partial charge is 0.234 e. The fourth-order valence-corrected chi connectivity index (χ4v) is 3.42. The van der Waals surface area contributed by atoms with Crippen LogP contribution < -0.4 is 10.6 Å². The van der Waals surface area contributed by atoms with Gasteiger partial charge >= 0.3 is 0 Å². The zero-order valence-electron chi connectivity index (χ0n) is 17.9. The number of amides is 3. The van der Waals surface area contributed by atoms with Crippen molar-refractivity contribution >= 4 is 17.7 Å². The van der Waals surface area contributed by atoms with E-state index in [0.29, 0.717) is 32.7 Å². The second-order valence-corrected chi connectivity index (χ2v) is 7.73. The Morgan fingerprint density at radius 3 is 2.31 bits per heavy atom. The number of nitrogens with zero attached hydrogens (tertiary/aromatic N) is 2. The van der Waals surface area contributed by atoms with E-state index in [1.54, 1.807) is 0 Å². The first kappa shape index (κ1) is 22.9. The van der Waals surface area contributed by atoms with Crippen LogP contribution in [0.2, 0.25) is 0 Å². The van der Waals surface area contributed by atoms with Crippen LogP contribution in [0, 0.1) is 6.92 Å². The molecule has 0 spiro atoms. The zero-order valence-corrected chi connectivity index (χ0v) is 17.9. The van der Waals surface area contributed by atoms with Gasteiger partial charge in [-0.1, -0.05) is 43.2 Å². The molecular weight excluding hydrogens is 368 g/mol. The van der Waals surface area contributed by atoms with Crippen LogP contribution in [0.4, 0.5) is 0 Å². The summed E-state index contributed by atoms with van der Waals surface area (Å²) in [6.07, 6.45) is 2.29. The van der Waals surface area contributed by atoms with Gasteiger partial charge in [0, 0.05) is 39.6 Å². The Labute approximate surface area is 173 Å². The summed E-state index contributed by atoms with van der Waals surface area (Å²) in [7, 11) is 0. The van der Waals surface area contributed by atoms with Crippen molar-refractivity contribution in [3.05, 3.63) is 35.4 Å². The third kappa shape index (κ3) is 7.85. The summed E-state index contributed by atoms with van der Waals surface area (Å²) < 4.78 is 0. The van der Waals surface area contributed by atoms with Crippen LogP contribution in [0.5, 0.6) is 0 Å². The highest BCUT2D eigenvalue weighted by Gasteiger charge is 2.25. The van der Waals surface area contributed by atoms with Crippen LogP contribution in [0.1, 0.15) is 50.3 Å². The molecule has 1 aromatic carbocycles. The standard InChI is InChI=1S/C22H34N4O3/c1-4-5-10-23-21(28)16-25-11-13-26(14-12-25)22(29)15-20(24-18(3)27)19-8-6-17(2)7-9-19/h6-9,20H,4-5,10-16H2,1-3H3,(H,23,28)(H,24,27). The molecule has 0 aromatic heterocycles. The summed E-state index contributed by atoms with van der Waals surface area (Å²) >= 11 is 0. The molecule has 29 heavy (non-hydrogen) atoms.